The normalized spacial score (nSPS) is 23.4. The second-order valence-corrected chi connectivity index (χ2v) is 5.26. The number of hydrogen-bond acceptors (Lipinski definition) is 4. The Balaban J connectivity index is 2.06. The van der Waals surface area contributed by atoms with E-state index in [0.717, 1.165) is 36.4 Å². The van der Waals surface area contributed by atoms with Gasteiger partial charge in [0, 0.05) is 30.3 Å². The molecule has 1 aliphatic rings. The fourth-order valence-electron chi connectivity index (χ4n) is 2.65. The summed E-state index contributed by atoms with van der Waals surface area (Å²) in [5, 5.41) is 0. The van der Waals surface area contributed by atoms with Crippen LogP contribution in [0.3, 0.4) is 0 Å². The van der Waals surface area contributed by atoms with Gasteiger partial charge in [0.25, 0.3) is 0 Å². The largest absolute Gasteiger partial charge is 0.398 e. The van der Waals surface area contributed by atoms with E-state index >= 15 is 0 Å². The van der Waals surface area contributed by atoms with Crippen LogP contribution in [0.25, 0.3) is 11.3 Å². The van der Waals surface area contributed by atoms with Crippen LogP contribution in [0.2, 0.25) is 0 Å². The van der Waals surface area contributed by atoms with E-state index in [1.807, 2.05) is 18.6 Å². The summed E-state index contributed by atoms with van der Waals surface area (Å²) in [7, 11) is 0. The molecule has 1 unspecified atom stereocenters. The van der Waals surface area contributed by atoms with E-state index in [1.54, 1.807) is 12.4 Å². The van der Waals surface area contributed by atoms with Gasteiger partial charge in [-0.2, -0.15) is 0 Å². The van der Waals surface area contributed by atoms with Crippen LogP contribution in [0.15, 0.2) is 31.0 Å². The summed E-state index contributed by atoms with van der Waals surface area (Å²) in [6.07, 6.45) is 9.33. The van der Waals surface area contributed by atoms with Crippen molar-refractivity contribution in [2.75, 3.05) is 18.9 Å². The maximum absolute atomic E-state index is 6.04. The molecule has 2 aromatic rings. The first-order valence-electron chi connectivity index (χ1n) is 6.51. The zero-order chi connectivity index (χ0) is 13.3. The number of nitrogens with two attached hydrogens (primary N) is 1. The lowest BCUT2D eigenvalue weighted by molar-refractivity contribution is 0.0102. The minimum atomic E-state index is -0.0631. The highest BCUT2D eigenvalue weighted by molar-refractivity contribution is 5.72. The Bertz CT molecular complexity index is 572. The summed E-state index contributed by atoms with van der Waals surface area (Å²) in [5.41, 5.74) is 8.62. The average Bonchev–Trinajstić information content (AvgIpc) is 2.90. The van der Waals surface area contributed by atoms with Crippen molar-refractivity contribution in [1.82, 2.24) is 14.5 Å². The van der Waals surface area contributed by atoms with E-state index in [-0.39, 0.29) is 5.54 Å². The van der Waals surface area contributed by atoms with Crippen molar-refractivity contribution in [3.63, 3.8) is 0 Å². The van der Waals surface area contributed by atoms with E-state index in [1.165, 1.54) is 0 Å². The first-order chi connectivity index (χ1) is 9.21. The van der Waals surface area contributed by atoms with Crippen LogP contribution in [0.1, 0.15) is 19.8 Å². The SMILES string of the molecule is CC1(n2cncc2-c2cnccc2N)CCCOC1. The maximum atomic E-state index is 6.04. The Morgan fingerprint density at radius 3 is 3.00 bits per heavy atom. The third-order valence-electron chi connectivity index (χ3n) is 3.77. The highest BCUT2D eigenvalue weighted by atomic mass is 16.5. The molecular weight excluding hydrogens is 240 g/mol. The molecule has 0 radical (unpaired) electrons. The molecule has 1 atom stereocenters. The van der Waals surface area contributed by atoms with Crippen LogP contribution >= 0.6 is 0 Å². The summed E-state index contributed by atoms with van der Waals surface area (Å²) >= 11 is 0. The molecule has 5 nitrogen and oxygen atoms in total. The van der Waals surface area contributed by atoms with Gasteiger partial charge >= 0.3 is 0 Å². The maximum Gasteiger partial charge on any atom is 0.0956 e. The molecule has 3 heterocycles. The molecule has 3 rings (SSSR count). The number of imidazole rings is 1. The Hall–Kier alpha value is -1.88. The number of ether oxygens (including phenoxy) is 1. The summed E-state index contributed by atoms with van der Waals surface area (Å²) in [6, 6.07) is 1.81. The number of nitrogen functional groups attached to an aromatic ring is 1. The van der Waals surface area contributed by atoms with Gasteiger partial charge in [-0.05, 0) is 25.8 Å². The number of aromatic nitrogens is 3. The van der Waals surface area contributed by atoms with Gasteiger partial charge in [-0.3, -0.25) is 4.98 Å². The third-order valence-corrected chi connectivity index (χ3v) is 3.77. The van der Waals surface area contributed by atoms with Gasteiger partial charge in [0.1, 0.15) is 0 Å². The first kappa shape index (κ1) is 12.2. The van der Waals surface area contributed by atoms with Gasteiger partial charge in [0.05, 0.1) is 30.4 Å². The molecule has 1 aliphatic heterocycles. The monoisotopic (exact) mass is 258 g/mol. The zero-order valence-corrected chi connectivity index (χ0v) is 11.0. The van der Waals surface area contributed by atoms with Gasteiger partial charge in [0.15, 0.2) is 0 Å². The molecule has 0 aliphatic carbocycles. The van der Waals surface area contributed by atoms with Crippen LogP contribution in [0.5, 0.6) is 0 Å². The van der Waals surface area contributed by atoms with E-state index in [4.69, 9.17) is 10.5 Å². The van der Waals surface area contributed by atoms with E-state index in [9.17, 15) is 0 Å². The Morgan fingerprint density at radius 1 is 1.37 bits per heavy atom. The van der Waals surface area contributed by atoms with E-state index < -0.39 is 0 Å². The van der Waals surface area contributed by atoms with Crippen LogP contribution < -0.4 is 5.73 Å². The molecular formula is C14H18N4O. The standard InChI is InChI=1S/C14H18N4O/c1-14(4-2-6-19-9-14)18-10-17-8-13(18)11-7-16-5-3-12(11)15/h3,5,7-8,10H,2,4,6,9H2,1H3,(H2,15,16). The number of nitrogens with zero attached hydrogens (tertiary/aromatic N) is 3. The van der Waals surface area contributed by atoms with Gasteiger partial charge < -0.3 is 15.0 Å². The van der Waals surface area contributed by atoms with Crippen molar-refractivity contribution in [2.45, 2.75) is 25.3 Å². The highest BCUT2D eigenvalue weighted by Gasteiger charge is 2.31. The van der Waals surface area contributed by atoms with Crippen molar-refractivity contribution >= 4 is 5.69 Å². The Morgan fingerprint density at radius 2 is 2.26 bits per heavy atom. The molecule has 19 heavy (non-hydrogen) atoms. The molecule has 5 heteroatoms. The second kappa shape index (κ2) is 4.66. The Labute approximate surface area is 112 Å². The second-order valence-electron chi connectivity index (χ2n) is 5.26. The quantitative estimate of drug-likeness (QED) is 0.895. The van der Waals surface area contributed by atoms with Crippen LogP contribution in [0.4, 0.5) is 5.69 Å². The lowest BCUT2D eigenvalue weighted by Crippen LogP contribution is -2.39. The van der Waals surface area contributed by atoms with Gasteiger partial charge in [0.2, 0.25) is 0 Å². The van der Waals surface area contributed by atoms with Gasteiger partial charge in [-0.25, -0.2) is 4.98 Å². The van der Waals surface area contributed by atoms with Crippen molar-refractivity contribution in [1.29, 1.82) is 0 Å². The molecule has 2 N–H and O–H groups in total. The molecule has 0 bridgehead atoms. The Kier molecular flexibility index (Phi) is 2.98. The average molecular weight is 258 g/mol. The predicted octanol–water partition coefficient (Wildman–Crippen LogP) is 2.05. The molecule has 0 amide bonds. The lowest BCUT2D eigenvalue weighted by atomic mass is 9.94. The molecule has 2 aromatic heterocycles. The number of hydrogen-bond donors (Lipinski definition) is 1. The summed E-state index contributed by atoms with van der Waals surface area (Å²) < 4.78 is 7.80. The summed E-state index contributed by atoms with van der Waals surface area (Å²) in [5.74, 6) is 0. The van der Waals surface area contributed by atoms with Crippen LogP contribution in [0, 0.1) is 0 Å². The molecule has 0 aromatic carbocycles. The summed E-state index contributed by atoms with van der Waals surface area (Å²) in [4.78, 5) is 8.44. The number of anilines is 1. The zero-order valence-electron chi connectivity index (χ0n) is 11.0. The number of pyridine rings is 1. The molecule has 100 valence electrons. The van der Waals surface area contributed by atoms with Crippen molar-refractivity contribution in [3.8, 4) is 11.3 Å². The smallest absolute Gasteiger partial charge is 0.0956 e. The van der Waals surface area contributed by atoms with E-state index in [0.29, 0.717) is 6.61 Å². The minimum Gasteiger partial charge on any atom is -0.398 e. The van der Waals surface area contributed by atoms with E-state index in [2.05, 4.69) is 21.5 Å². The molecule has 0 spiro atoms. The van der Waals surface area contributed by atoms with Crippen molar-refractivity contribution in [2.24, 2.45) is 0 Å². The molecule has 1 saturated heterocycles. The van der Waals surface area contributed by atoms with Crippen molar-refractivity contribution in [3.05, 3.63) is 31.0 Å². The van der Waals surface area contributed by atoms with Crippen LogP contribution in [-0.2, 0) is 10.3 Å². The molecule has 1 fully saturated rings. The third kappa shape index (κ3) is 2.10. The minimum absolute atomic E-state index is 0.0631. The van der Waals surface area contributed by atoms with Crippen molar-refractivity contribution < 1.29 is 4.74 Å². The fourth-order valence-corrected chi connectivity index (χ4v) is 2.65. The van der Waals surface area contributed by atoms with Gasteiger partial charge in [-0.15, -0.1) is 0 Å². The summed E-state index contributed by atoms with van der Waals surface area (Å²) in [6.45, 7) is 3.75. The lowest BCUT2D eigenvalue weighted by Gasteiger charge is -2.36. The first-order valence-corrected chi connectivity index (χ1v) is 6.51. The fraction of sp³-hybridized carbons (Fsp3) is 0.429. The predicted molar refractivity (Wildman–Crippen MR) is 73.6 cm³/mol. The number of rotatable bonds is 2. The van der Waals surface area contributed by atoms with Crippen LogP contribution in [-0.4, -0.2) is 27.7 Å². The topological polar surface area (TPSA) is 66.0 Å². The van der Waals surface area contributed by atoms with Gasteiger partial charge in [-0.1, -0.05) is 0 Å². The molecule has 0 saturated carbocycles. The highest BCUT2D eigenvalue weighted by Crippen LogP contribution is 2.33.